The summed E-state index contributed by atoms with van der Waals surface area (Å²) in [6.45, 7) is 13.8. The van der Waals surface area contributed by atoms with Gasteiger partial charge in [-0.15, -0.1) is 0 Å². The summed E-state index contributed by atoms with van der Waals surface area (Å²) in [6, 6.07) is 3.38. The number of fused-ring (bicyclic) bond motifs is 1. The Labute approximate surface area is 205 Å². The van der Waals surface area contributed by atoms with Crippen LogP contribution in [0, 0.1) is 39.5 Å². The summed E-state index contributed by atoms with van der Waals surface area (Å²) in [5.74, 6) is 1.32. The number of aryl methyl sites for hydroxylation is 2. The third-order valence-electron chi connectivity index (χ3n) is 6.56. The van der Waals surface area contributed by atoms with Gasteiger partial charge in [-0.05, 0) is 68.0 Å². The molecule has 35 heavy (non-hydrogen) atoms. The molecule has 10 heteroatoms. The maximum atomic E-state index is 13.4. The number of carbonyl (C=O) groups excluding carboxylic acids is 1. The van der Waals surface area contributed by atoms with Crippen molar-refractivity contribution in [3.8, 4) is 11.6 Å². The Morgan fingerprint density at radius 2 is 1.77 bits per heavy atom. The first kappa shape index (κ1) is 25.5. The van der Waals surface area contributed by atoms with Gasteiger partial charge in [0, 0.05) is 12.5 Å². The summed E-state index contributed by atoms with van der Waals surface area (Å²) in [5, 5.41) is 0. The molecule has 0 amide bonds. The van der Waals surface area contributed by atoms with Crippen LogP contribution in [0.15, 0.2) is 16.5 Å². The lowest BCUT2D eigenvalue weighted by Crippen LogP contribution is -2.29. The first-order valence-electron chi connectivity index (χ1n) is 11.7. The number of ether oxygens (including phenoxy) is 2. The van der Waals surface area contributed by atoms with Crippen LogP contribution in [0.25, 0.3) is 22.6 Å². The topological polar surface area (TPSA) is 102 Å². The molecule has 3 heterocycles. The molecule has 0 aliphatic carbocycles. The fraction of sp³-hybridized carbons (Fsp3) is 0.520. The van der Waals surface area contributed by atoms with Gasteiger partial charge < -0.3 is 27.5 Å². The Morgan fingerprint density at radius 1 is 1.11 bits per heavy atom. The molecular formula is C25H33N2O7P. The van der Waals surface area contributed by atoms with E-state index in [9.17, 15) is 9.36 Å². The zero-order valence-electron chi connectivity index (χ0n) is 21.3. The van der Waals surface area contributed by atoms with Crippen molar-refractivity contribution in [2.24, 2.45) is 11.8 Å². The van der Waals surface area contributed by atoms with Gasteiger partial charge in [-0.2, -0.15) is 0 Å². The number of aromatic nitrogens is 2. The van der Waals surface area contributed by atoms with E-state index >= 15 is 0 Å². The lowest BCUT2D eigenvalue weighted by Gasteiger charge is -2.27. The van der Waals surface area contributed by atoms with E-state index in [1.165, 1.54) is 23.8 Å². The van der Waals surface area contributed by atoms with Gasteiger partial charge in [0.15, 0.2) is 11.6 Å². The lowest BCUT2D eigenvalue weighted by molar-refractivity contribution is 0.0232. The molecule has 1 aliphatic rings. The molecule has 1 fully saturated rings. The van der Waals surface area contributed by atoms with Gasteiger partial charge in [-0.25, -0.2) is 9.78 Å². The third kappa shape index (κ3) is 4.77. The summed E-state index contributed by atoms with van der Waals surface area (Å²) in [7, 11) is -2.41. The molecule has 9 nitrogen and oxygen atoms in total. The molecule has 2 aromatic heterocycles. The molecule has 1 aromatic carbocycles. The van der Waals surface area contributed by atoms with E-state index in [1.807, 2.05) is 0 Å². The standard InChI is InChI=1S/C25H33N2O7P/c1-14(2)10-27-23-18(6)16(4)15(3)17(5)22(23)26-24(27)20-8-9-21(34-20)35(29)32-12-19(13-33-35)11-31-25(28)30-7/h8-9,14,19H,10-13H2,1-7H3. The second-order valence-corrected chi connectivity index (χ2v) is 11.4. The first-order valence-corrected chi connectivity index (χ1v) is 13.3. The van der Waals surface area contributed by atoms with Crippen LogP contribution in [0.2, 0.25) is 0 Å². The minimum atomic E-state index is -3.64. The predicted molar refractivity (Wildman–Crippen MR) is 132 cm³/mol. The van der Waals surface area contributed by atoms with Crippen molar-refractivity contribution in [2.75, 3.05) is 26.9 Å². The number of hydrogen-bond donors (Lipinski definition) is 0. The Bertz CT molecular complexity index is 1300. The van der Waals surface area contributed by atoms with Crippen LogP contribution in [0.5, 0.6) is 0 Å². The Kier molecular flexibility index (Phi) is 7.13. The molecule has 0 unspecified atom stereocenters. The van der Waals surface area contributed by atoms with Crippen LogP contribution in [0.4, 0.5) is 4.79 Å². The average molecular weight is 505 g/mol. The number of nitrogens with zero attached hydrogens (tertiary/aromatic N) is 2. The highest BCUT2D eigenvalue weighted by atomic mass is 31.2. The minimum Gasteiger partial charge on any atom is -0.445 e. The molecule has 0 saturated carbocycles. The SMILES string of the molecule is COC(=O)OCC1COP(=O)(c2ccc(-c3nc4c(C)c(C)c(C)c(C)c4n3CC(C)C)o2)OC1. The Morgan fingerprint density at radius 3 is 2.40 bits per heavy atom. The molecule has 1 aliphatic heterocycles. The van der Waals surface area contributed by atoms with Crippen molar-refractivity contribution in [3.05, 3.63) is 34.4 Å². The molecule has 0 spiro atoms. The Balaban J connectivity index is 1.66. The van der Waals surface area contributed by atoms with E-state index in [2.05, 4.69) is 50.8 Å². The van der Waals surface area contributed by atoms with Gasteiger partial charge >= 0.3 is 13.8 Å². The maximum absolute atomic E-state index is 13.4. The third-order valence-corrected chi connectivity index (χ3v) is 8.32. The van der Waals surface area contributed by atoms with Crippen LogP contribution in [-0.2, 0) is 29.6 Å². The molecular weight excluding hydrogens is 471 g/mol. The fourth-order valence-electron chi connectivity index (χ4n) is 4.30. The summed E-state index contributed by atoms with van der Waals surface area (Å²) >= 11 is 0. The van der Waals surface area contributed by atoms with Gasteiger partial charge in [0.2, 0.25) is 5.50 Å². The van der Waals surface area contributed by atoms with Crippen LogP contribution >= 0.6 is 7.60 Å². The Hall–Kier alpha value is -2.61. The van der Waals surface area contributed by atoms with Crippen LogP contribution < -0.4 is 5.50 Å². The zero-order chi connectivity index (χ0) is 25.5. The van der Waals surface area contributed by atoms with Gasteiger partial charge in [-0.3, -0.25) is 4.57 Å². The van der Waals surface area contributed by atoms with E-state index in [4.69, 9.17) is 23.2 Å². The quantitative estimate of drug-likeness (QED) is 0.323. The number of benzene rings is 1. The summed E-state index contributed by atoms with van der Waals surface area (Å²) in [5.41, 5.74) is 7.00. The summed E-state index contributed by atoms with van der Waals surface area (Å²) in [6.07, 6.45) is -0.783. The van der Waals surface area contributed by atoms with Crippen LogP contribution in [0.1, 0.15) is 36.1 Å². The number of imidazole rings is 1. The van der Waals surface area contributed by atoms with Crippen LogP contribution in [0.3, 0.4) is 0 Å². The summed E-state index contributed by atoms with van der Waals surface area (Å²) in [4.78, 5) is 16.2. The van der Waals surface area contributed by atoms with E-state index in [1.54, 1.807) is 12.1 Å². The molecule has 4 rings (SSSR count). The molecule has 0 radical (unpaired) electrons. The lowest BCUT2D eigenvalue weighted by atomic mass is 9.97. The molecule has 0 atom stereocenters. The predicted octanol–water partition coefficient (Wildman–Crippen LogP) is 5.45. The smallest absolute Gasteiger partial charge is 0.445 e. The number of carbonyl (C=O) groups is 1. The second-order valence-electron chi connectivity index (χ2n) is 9.50. The fourth-order valence-corrected chi connectivity index (χ4v) is 5.91. The van der Waals surface area contributed by atoms with Crippen molar-refractivity contribution < 1.29 is 32.3 Å². The zero-order valence-corrected chi connectivity index (χ0v) is 22.2. The molecule has 1 saturated heterocycles. The van der Waals surface area contributed by atoms with Crippen molar-refractivity contribution in [1.29, 1.82) is 0 Å². The monoisotopic (exact) mass is 504 g/mol. The van der Waals surface area contributed by atoms with E-state index in [0.29, 0.717) is 17.5 Å². The highest BCUT2D eigenvalue weighted by Gasteiger charge is 2.38. The van der Waals surface area contributed by atoms with Crippen LogP contribution in [-0.4, -0.2) is 42.6 Å². The molecule has 0 N–H and O–H groups in total. The number of methoxy groups -OCH3 is 1. The highest BCUT2D eigenvalue weighted by Crippen LogP contribution is 2.51. The average Bonchev–Trinajstić information content (AvgIpc) is 3.46. The van der Waals surface area contributed by atoms with E-state index in [-0.39, 0.29) is 31.2 Å². The summed E-state index contributed by atoms with van der Waals surface area (Å²) < 4.78 is 42.2. The normalized spacial score (nSPS) is 20.5. The van der Waals surface area contributed by atoms with Crippen molar-refractivity contribution in [1.82, 2.24) is 9.55 Å². The number of rotatable bonds is 6. The number of furan rings is 1. The first-order chi connectivity index (χ1) is 16.6. The van der Waals surface area contributed by atoms with E-state index in [0.717, 1.165) is 23.1 Å². The molecule has 0 bridgehead atoms. The van der Waals surface area contributed by atoms with Gasteiger partial charge in [0.1, 0.15) is 6.61 Å². The molecule has 3 aromatic rings. The second kappa shape index (κ2) is 9.80. The molecule has 190 valence electrons. The number of hydrogen-bond acceptors (Lipinski definition) is 8. The van der Waals surface area contributed by atoms with Crippen molar-refractivity contribution in [2.45, 2.75) is 48.1 Å². The maximum Gasteiger partial charge on any atom is 0.507 e. The largest absolute Gasteiger partial charge is 0.507 e. The minimum absolute atomic E-state index is 0.0485. The van der Waals surface area contributed by atoms with Gasteiger partial charge in [0.05, 0.1) is 31.4 Å². The van der Waals surface area contributed by atoms with Crippen molar-refractivity contribution >= 4 is 30.3 Å². The van der Waals surface area contributed by atoms with Crippen molar-refractivity contribution in [3.63, 3.8) is 0 Å². The van der Waals surface area contributed by atoms with Gasteiger partial charge in [0.25, 0.3) is 0 Å². The van der Waals surface area contributed by atoms with Gasteiger partial charge in [-0.1, -0.05) is 13.8 Å². The van der Waals surface area contributed by atoms with E-state index < -0.39 is 13.8 Å². The highest BCUT2D eigenvalue weighted by molar-refractivity contribution is 7.61.